The molecule has 0 aliphatic heterocycles. The predicted octanol–water partition coefficient (Wildman–Crippen LogP) is 1.76. The number of aryl methyl sites for hydroxylation is 2. The Bertz CT molecular complexity index is 786. The highest BCUT2D eigenvalue weighted by Crippen LogP contribution is 2.22. The molecular formula is C16H18FN3O4. The van der Waals surface area contributed by atoms with Crippen molar-refractivity contribution in [3.05, 3.63) is 46.4 Å². The van der Waals surface area contributed by atoms with Crippen LogP contribution in [0.25, 0.3) is 0 Å². The Morgan fingerprint density at radius 2 is 2.12 bits per heavy atom. The Hall–Kier alpha value is -2.90. The van der Waals surface area contributed by atoms with Crippen LogP contribution in [0.1, 0.15) is 38.9 Å². The maximum absolute atomic E-state index is 13.9. The van der Waals surface area contributed by atoms with Gasteiger partial charge in [0.05, 0.1) is 36.0 Å². The molecule has 2 rings (SSSR count). The van der Waals surface area contributed by atoms with Gasteiger partial charge in [0.25, 0.3) is 5.91 Å². The summed E-state index contributed by atoms with van der Waals surface area (Å²) in [6.45, 7) is 2.05. The van der Waals surface area contributed by atoms with Crippen molar-refractivity contribution in [2.45, 2.75) is 19.9 Å². The van der Waals surface area contributed by atoms with Crippen molar-refractivity contribution in [2.75, 3.05) is 7.11 Å². The van der Waals surface area contributed by atoms with E-state index in [1.807, 2.05) is 6.92 Å². The standard InChI is InChI=1S/C16H18FN3O4/c1-4-13-11(15(24-3)20(2)19-13)8-18-14(21)10-6-5-9(16(22)23)7-12(10)17/h5-7H,4,8H2,1-3H3,(H,18,21)(H,22,23). The third-order valence-corrected chi connectivity index (χ3v) is 3.59. The molecule has 1 amide bonds. The fourth-order valence-electron chi connectivity index (χ4n) is 2.42. The summed E-state index contributed by atoms with van der Waals surface area (Å²) in [6.07, 6.45) is 0.657. The average molecular weight is 335 g/mol. The molecule has 8 heteroatoms. The molecule has 0 bridgehead atoms. The van der Waals surface area contributed by atoms with E-state index in [1.165, 1.54) is 13.2 Å². The Morgan fingerprint density at radius 1 is 1.42 bits per heavy atom. The highest BCUT2D eigenvalue weighted by molar-refractivity contribution is 5.96. The zero-order chi connectivity index (χ0) is 17.9. The van der Waals surface area contributed by atoms with Gasteiger partial charge >= 0.3 is 5.97 Å². The number of nitrogens with one attached hydrogen (secondary N) is 1. The molecule has 1 aromatic carbocycles. The number of halogens is 1. The van der Waals surface area contributed by atoms with Gasteiger partial charge in [-0.3, -0.25) is 4.79 Å². The molecule has 0 fully saturated rings. The molecule has 0 aliphatic rings. The molecule has 24 heavy (non-hydrogen) atoms. The number of carbonyl (C=O) groups is 2. The molecule has 7 nitrogen and oxygen atoms in total. The summed E-state index contributed by atoms with van der Waals surface area (Å²) < 4.78 is 20.8. The summed E-state index contributed by atoms with van der Waals surface area (Å²) in [7, 11) is 3.24. The predicted molar refractivity (Wildman–Crippen MR) is 83.7 cm³/mol. The second kappa shape index (κ2) is 7.12. The molecular weight excluding hydrogens is 317 g/mol. The van der Waals surface area contributed by atoms with Gasteiger partial charge in [0.2, 0.25) is 5.88 Å². The number of hydrogen-bond donors (Lipinski definition) is 2. The van der Waals surface area contributed by atoms with Gasteiger partial charge < -0.3 is 15.2 Å². The number of aromatic carboxylic acids is 1. The van der Waals surface area contributed by atoms with Crippen molar-refractivity contribution < 1.29 is 23.8 Å². The van der Waals surface area contributed by atoms with Crippen molar-refractivity contribution in [3.8, 4) is 5.88 Å². The van der Waals surface area contributed by atoms with Gasteiger partial charge in [-0.15, -0.1) is 0 Å². The molecule has 0 saturated carbocycles. The van der Waals surface area contributed by atoms with E-state index in [0.717, 1.165) is 23.4 Å². The number of carbonyl (C=O) groups excluding carboxylic acids is 1. The highest BCUT2D eigenvalue weighted by Gasteiger charge is 2.18. The molecule has 0 atom stereocenters. The maximum Gasteiger partial charge on any atom is 0.335 e. The number of methoxy groups -OCH3 is 1. The number of rotatable bonds is 6. The first-order valence-electron chi connectivity index (χ1n) is 7.28. The Kier molecular flexibility index (Phi) is 5.18. The molecule has 0 radical (unpaired) electrons. The minimum atomic E-state index is -1.26. The summed E-state index contributed by atoms with van der Waals surface area (Å²) in [4.78, 5) is 23.0. The van der Waals surface area contributed by atoms with Crippen LogP contribution in [0, 0.1) is 5.82 Å². The van der Waals surface area contributed by atoms with Crippen LogP contribution in [0.15, 0.2) is 18.2 Å². The lowest BCUT2D eigenvalue weighted by Gasteiger charge is -2.08. The van der Waals surface area contributed by atoms with Crippen molar-refractivity contribution in [3.63, 3.8) is 0 Å². The van der Waals surface area contributed by atoms with E-state index in [1.54, 1.807) is 11.7 Å². The first-order chi connectivity index (χ1) is 11.4. The zero-order valence-corrected chi connectivity index (χ0v) is 13.6. The van der Waals surface area contributed by atoms with Crippen LogP contribution in [0.2, 0.25) is 0 Å². The Labute approximate surface area is 138 Å². The quantitative estimate of drug-likeness (QED) is 0.839. The lowest BCUT2D eigenvalue weighted by molar-refractivity contribution is 0.0695. The topological polar surface area (TPSA) is 93.5 Å². The molecule has 0 aliphatic carbocycles. The second-order valence-corrected chi connectivity index (χ2v) is 5.09. The third-order valence-electron chi connectivity index (χ3n) is 3.59. The number of amides is 1. The molecule has 0 saturated heterocycles. The molecule has 0 spiro atoms. The Balaban J connectivity index is 2.18. The van der Waals surface area contributed by atoms with Gasteiger partial charge in [-0.05, 0) is 24.6 Å². The molecule has 128 valence electrons. The van der Waals surface area contributed by atoms with E-state index in [9.17, 15) is 14.0 Å². The summed E-state index contributed by atoms with van der Waals surface area (Å²) in [5.41, 5.74) is 1.06. The normalized spacial score (nSPS) is 10.5. The summed E-state index contributed by atoms with van der Waals surface area (Å²) in [5, 5.41) is 15.7. The minimum absolute atomic E-state index is 0.124. The van der Waals surface area contributed by atoms with Crippen LogP contribution in [0.3, 0.4) is 0 Å². The summed E-state index contributed by atoms with van der Waals surface area (Å²) in [5.74, 6) is -2.26. The van der Waals surface area contributed by atoms with Crippen LogP contribution in [-0.4, -0.2) is 33.9 Å². The lowest BCUT2D eigenvalue weighted by Crippen LogP contribution is -2.24. The fraction of sp³-hybridized carbons (Fsp3) is 0.312. The van der Waals surface area contributed by atoms with Gasteiger partial charge in [-0.2, -0.15) is 5.10 Å². The SMILES string of the molecule is CCc1nn(C)c(OC)c1CNC(=O)c1ccc(C(=O)O)cc1F. The number of benzene rings is 1. The van der Waals surface area contributed by atoms with Crippen LogP contribution >= 0.6 is 0 Å². The molecule has 1 aromatic heterocycles. The van der Waals surface area contributed by atoms with Gasteiger partial charge in [0.15, 0.2) is 0 Å². The average Bonchev–Trinajstić information content (AvgIpc) is 2.87. The first kappa shape index (κ1) is 17.5. The van der Waals surface area contributed by atoms with E-state index >= 15 is 0 Å². The van der Waals surface area contributed by atoms with Gasteiger partial charge in [0, 0.05) is 7.05 Å². The number of ether oxygens (including phenoxy) is 1. The first-order valence-corrected chi connectivity index (χ1v) is 7.28. The van der Waals surface area contributed by atoms with Crippen LogP contribution in [-0.2, 0) is 20.0 Å². The van der Waals surface area contributed by atoms with Crippen molar-refractivity contribution in [1.29, 1.82) is 0 Å². The smallest absolute Gasteiger partial charge is 0.335 e. The molecule has 1 heterocycles. The van der Waals surface area contributed by atoms with Crippen LogP contribution < -0.4 is 10.1 Å². The van der Waals surface area contributed by atoms with Gasteiger partial charge in [-0.1, -0.05) is 6.92 Å². The van der Waals surface area contributed by atoms with E-state index in [-0.39, 0.29) is 17.7 Å². The Morgan fingerprint density at radius 3 is 2.67 bits per heavy atom. The highest BCUT2D eigenvalue weighted by atomic mass is 19.1. The summed E-state index contributed by atoms with van der Waals surface area (Å²) in [6, 6.07) is 3.15. The number of carboxylic acids is 1. The van der Waals surface area contributed by atoms with Crippen molar-refractivity contribution >= 4 is 11.9 Å². The van der Waals surface area contributed by atoms with Crippen LogP contribution in [0.5, 0.6) is 5.88 Å². The number of aromatic nitrogens is 2. The monoisotopic (exact) mass is 335 g/mol. The maximum atomic E-state index is 13.9. The fourth-order valence-corrected chi connectivity index (χ4v) is 2.42. The summed E-state index contributed by atoms with van der Waals surface area (Å²) >= 11 is 0. The number of hydrogen-bond acceptors (Lipinski definition) is 4. The minimum Gasteiger partial charge on any atom is -0.481 e. The van der Waals surface area contributed by atoms with Crippen molar-refractivity contribution in [1.82, 2.24) is 15.1 Å². The van der Waals surface area contributed by atoms with Crippen LogP contribution in [0.4, 0.5) is 4.39 Å². The van der Waals surface area contributed by atoms with Gasteiger partial charge in [-0.25, -0.2) is 13.9 Å². The van der Waals surface area contributed by atoms with Gasteiger partial charge in [0.1, 0.15) is 5.82 Å². The molecule has 0 unspecified atom stereocenters. The third kappa shape index (κ3) is 3.37. The molecule has 2 aromatic rings. The number of nitrogens with zero attached hydrogens (tertiary/aromatic N) is 2. The van der Waals surface area contributed by atoms with E-state index in [4.69, 9.17) is 9.84 Å². The van der Waals surface area contributed by atoms with E-state index < -0.39 is 17.7 Å². The van der Waals surface area contributed by atoms with E-state index in [0.29, 0.717) is 12.3 Å². The lowest BCUT2D eigenvalue weighted by atomic mass is 10.1. The second-order valence-electron chi connectivity index (χ2n) is 5.09. The van der Waals surface area contributed by atoms with Crippen molar-refractivity contribution in [2.24, 2.45) is 7.05 Å². The largest absolute Gasteiger partial charge is 0.481 e. The molecule has 2 N–H and O–H groups in total. The number of carboxylic acid groups (broad SMARTS) is 1. The van der Waals surface area contributed by atoms with E-state index in [2.05, 4.69) is 10.4 Å². The zero-order valence-electron chi connectivity index (χ0n) is 13.6.